The Balaban J connectivity index is 2.36. The van der Waals surface area contributed by atoms with Gasteiger partial charge in [-0.25, -0.2) is 4.98 Å². The molecule has 0 radical (unpaired) electrons. The molecule has 0 fully saturated rings. The number of fused-ring (bicyclic) bond motifs is 1. The van der Waals surface area contributed by atoms with Gasteiger partial charge in [0.15, 0.2) is 0 Å². The van der Waals surface area contributed by atoms with E-state index in [1.165, 1.54) is 5.56 Å². The van der Waals surface area contributed by atoms with E-state index < -0.39 is 0 Å². The van der Waals surface area contributed by atoms with E-state index in [0.717, 1.165) is 31.5 Å². The molecule has 2 aromatic carbocycles. The molecule has 3 rings (SSSR count). The summed E-state index contributed by atoms with van der Waals surface area (Å²) in [5, 5.41) is -0.167. The van der Waals surface area contributed by atoms with Crippen LogP contribution in [0.4, 0.5) is 0 Å². The molecular formula is C16H13Br2ClN2. The first kappa shape index (κ1) is 15.1. The molecule has 0 bridgehead atoms. The Morgan fingerprint density at radius 2 is 1.76 bits per heavy atom. The van der Waals surface area contributed by atoms with Crippen molar-refractivity contribution >= 4 is 54.5 Å². The summed E-state index contributed by atoms with van der Waals surface area (Å²) >= 11 is 13.4. The molecule has 0 aliphatic rings. The van der Waals surface area contributed by atoms with Crippen molar-refractivity contribution in [1.82, 2.24) is 9.55 Å². The second-order valence-electron chi connectivity index (χ2n) is 4.99. The smallest absolute Gasteiger partial charge is 0.132 e. The Labute approximate surface area is 145 Å². The maximum Gasteiger partial charge on any atom is 0.132 e. The van der Waals surface area contributed by atoms with Crippen LogP contribution in [0.1, 0.15) is 23.7 Å². The number of aromatic nitrogens is 2. The van der Waals surface area contributed by atoms with Crippen molar-refractivity contribution in [3.8, 4) is 5.69 Å². The van der Waals surface area contributed by atoms with Crippen LogP contribution in [-0.2, 0) is 0 Å². The third-order valence-corrected chi connectivity index (χ3v) is 4.58. The van der Waals surface area contributed by atoms with Crippen LogP contribution >= 0.6 is 43.5 Å². The molecule has 21 heavy (non-hydrogen) atoms. The van der Waals surface area contributed by atoms with Crippen LogP contribution in [0.25, 0.3) is 16.7 Å². The van der Waals surface area contributed by atoms with E-state index in [1.807, 2.05) is 25.1 Å². The topological polar surface area (TPSA) is 17.8 Å². The van der Waals surface area contributed by atoms with E-state index in [0.29, 0.717) is 0 Å². The van der Waals surface area contributed by atoms with Crippen LogP contribution in [0.2, 0.25) is 0 Å². The summed E-state index contributed by atoms with van der Waals surface area (Å²) in [5.74, 6) is 0.857. The van der Waals surface area contributed by atoms with Crippen LogP contribution in [0.5, 0.6) is 0 Å². The molecule has 0 aliphatic heterocycles. The van der Waals surface area contributed by atoms with Crippen molar-refractivity contribution in [3.63, 3.8) is 0 Å². The number of benzene rings is 2. The molecule has 0 amide bonds. The summed E-state index contributed by atoms with van der Waals surface area (Å²) in [7, 11) is 0. The van der Waals surface area contributed by atoms with E-state index in [2.05, 4.69) is 61.5 Å². The Morgan fingerprint density at radius 3 is 2.43 bits per heavy atom. The molecule has 0 aliphatic carbocycles. The molecule has 1 heterocycles. The monoisotopic (exact) mass is 426 g/mol. The van der Waals surface area contributed by atoms with Crippen LogP contribution in [0.15, 0.2) is 45.3 Å². The van der Waals surface area contributed by atoms with E-state index in [9.17, 15) is 0 Å². The average Bonchev–Trinajstić information content (AvgIpc) is 2.77. The van der Waals surface area contributed by atoms with Gasteiger partial charge < -0.3 is 0 Å². The molecule has 5 heteroatoms. The van der Waals surface area contributed by atoms with Crippen molar-refractivity contribution in [2.75, 3.05) is 0 Å². The largest absolute Gasteiger partial charge is 0.295 e. The van der Waals surface area contributed by atoms with Crippen LogP contribution < -0.4 is 0 Å². The molecule has 0 saturated heterocycles. The van der Waals surface area contributed by atoms with Gasteiger partial charge in [-0.1, -0.05) is 31.9 Å². The lowest BCUT2D eigenvalue weighted by Gasteiger charge is -2.13. The molecule has 0 spiro atoms. The highest BCUT2D eigenvalue weighted by Crippen LogP contribution is 2.31. The maximum atomic E-state index is 6.35. The minimum atomic E-state index is -0.167. The fraction of sp³-hybridized carbons (Fsp3) is 0.188. The summed E-state index contributed by atoms with van der Waals surface area (Å²) in [6, 6.07) is 12.3. The maximum absolute atomic E-state index is 6.35. The molecule has 0 N–H and O–H groups in total. The third kappa shape index (κ3) is 2.77. The number of halogens is 3. The normalized spacial score (nSPS) is 12.8. The van der Waals surface area contributed by atoms with E-state index in [4.69, 9.17) is 16.6 Å². The minimum absolute atomic E-state index is 0.167. The Hall–Kier alpha value is -0.840. The number of nitrogens with zero attached hydrogens (tertiary/aromatic N) is 2. The molecule has 1 aromatic heterocycles. The number of rotatable bonds is 2. The second-order valence-corrected chi connectivity index (χ2v) is 7.47. The van der Waals surface area contributed by atoms with Gasteiger partial charge in [-0.3, -0.25) is 4.57 Å². The predicted octanol–water partition coefficient (Wildman–Crippen LogP) is 6.16. The Morgan fingerprint density at radius 1 is 1.10 bits per heavy atom. The fourth-order valence-electron chi connectivity index (χ4n) is 2.46. The summed E-state index contributed by atoms with van der Waals surface area (Å²) in [4.78, 5) is 4.70. The predicted molar refractivity (Wildman–Crippen MR) is 95.5 cm³/mol. The Kier molecular flexibility index (Phi) is 4.12. The zero-order valence-corrected chi connectivity index (χ0v) is 15.5. The molecule has 2 nitrogen and oxygen atoms in total. The first-order valence-electron chi connectivity index (χ1n) is 6.56. The first-order valence-corrected chi connectivity index (χ1v) is 8.58. The van der Waals surface area contributed by atoms with Crippen molar-refractivity contribution in [2.24, 2.45) is 0 Å². The van der Waals surface area contributed by atoms with Gasteiger partial charge in [-0.05, 0) is 55.8 Å². The van der Waals surface area contributed by atoms with Crippen molar-refractivity contribution in [3.05, 3.63) is 56.7 Å². The molecule has 108 valence electrons. The van der Waals surface area contributed by atoms with Gasteiger partial charge in [-0.2, -0.15) is 0 Å². The van der Waals surface area contributed by atoms with Gasteiger partial charge in [-0.15, -0.1) is 11.6 Å². The lowest BCUT2D eigenvalue weighted by Crippen LogP contribution is -2.03. The molecule has 1 unspecified atom stereocenters. The SMILES string of the molecule is Cc1cc(Br)ccc1-n1c(C(C)Cl)nc2cc(Br)ccc21. The van der Waals surface area contributed by atoms with Crippen LogP contribution in [0, 0.1) is 6.92 Å². The van der Waals surface area contributed by atoms with Gasteiger partial charge in [0.1, 0.15) is 5.82 Å². The summed E-state index contributed by atoms with van der Waals surface area (Å²) in [6.07, 6.45) is 0. The zero-order chi connectivity index (χ0) is 15.1. The second kappa shape index (κ2) is 5.75. The van der Waals surface area contributed by atoms with Gasteiger partial charge >= 0.3 is 0 Å². The van der Waals surface area contributed by atoms with Crippen molar-refractivity contribution in [1.29, 1.82) is 0 Å². The van der Waals surface area contributed by atoms with Gasteiger partial charge in [0, 0.05) is 8.95 Å². The highest BCUT2D eigenvalue weighted by atomic mass is 79.9. The number of aryl methyl sites for hydroxylation is 1. The average molecular weight is 429 g/mol. The van der Waals surface area contributed by atoms with Crippen molar-refractivity contribution < 1.29 is 0 Å². The van der Waals surface area contributed by atoms with Gasteiger partial charge in [0.2, 0.25) is 0 Å². The van der Waals surface area contributed by atoms with Crippen LogP contribution in [0.3, 0.4) is 0 Å². The number of hydrogen-bond acceptors (Lipinski definition) is 1. The summed E-state index contributed by atoms with van der Waals surface area (Å²) in [5.41, 5.74) is 4.27. The van der Waals surface area contributed by atoms with E-state index >= 15 is 0 Å². The molecule has 3 aromatic rings. The van der Waals surface area contributed by atoms with E-state index in [-0.39, 0.29) is 5.38 Å². The van der Waals surface area contributed by atoms with E-state index in [1.54, 1.807) is 0 Å². The minimum Gasteiger partial charge on any atom is -0.295 e. The lowest BCUT2D eigenvalue weighted by atomic mass is 10.2. The molecule has 0 saturated carbocycles. The van der Waals surface area contributed by atoms with Crippen molar-refractivity contribution in [2.45, 2.75) is 19.2 Å². The first-order chi connectivity index (χ1) is 9.97. The molecule has 1 atom stereocenters. The molecular weight excluding hydrogens is 415 g/mol. The highest BCUT2D eigenvalue weighted by Gasteiger charge is 2.17. The lowest BCUT2D eigenvalue weighted by molar-refractivity contribution is 0.878. The van der Waals surface area contributed by atoms with Crippen LogP contribution in [-0.4, -0.2) is 9.55 Å². The third-order valence-electron chi connectivity index (χ3n) is 3.40. The van der Waals surface area contributed by atoms with Gasteiger partial charge in [0.25, 0.3) is 0 Å². The number of imidazole rings is 1. The Bertz CT molecular complexity index is 825. The quantitative estimate of drug-likeness (QED) is 0.447. The zero-order valence-electron chi connectivity index (χ0n) is 11.6. The highest BCUT2D eigenvalue weighted by molar-refractivity contribution is 9.10. The van der Waals surface area contributed by atoms with Gasteiger partial charge in [0.05, 0.1) is 22.1 Å². The number of hydrogen-bond donors (Lipinski definition) is 0. The fourth-order valence-corrected chi connectivity index (χ4v) is 3.43. The standard InChI is InChI=1S/C16H13Br2ClN2/c1-9-7-11(17)3-5-14(9)21-15-6-4-12(18)8-13(15)20-16(21)10(2)19/h3-8,10H,1-2H3. The summed E-state index contributed by atoms with van der Waals surface area (Å²) in [6.45, 7) is 4.04. The number of alkyl halides is 1. The summed E-state index contributed by atoms with van der Waals surface area (Å²) < 4.78 is 4.22.